The number of hydrogen-bond acceptors (Lipinski definition) is 6. The first-order valence-corrected chi connectivity index (χ1v) is 8.23. The fourth-order valence-electron chi connectivity index (χ4n) is 2.75. The van der Waals surface area contributed by atoms with E-state index in [9.17, 15) is 14.7 Å². The van der Waals surface area contributed by atoms with Gasteiger partial charge in [-0.25, -0.2) is 4.79 Å². The number of alkyl carbamates (subject to hydrolysis) is 1. The van der Waals surface area contributed by atoms with E-state index in [1.54, 1.807) is 0 Å². The van der Waals surface area contributed by atoms with Crippen LogP contribution in [0.25, 0.3) is 0 Å². The second kappa shape index (κ2) is 7.70. The minimum absolute atomic E-state index is 0.329. The Morgan fingerprint density at radius 2 is 2.25 bits per heavy atom. The van der Waals surface area contributed by atoms with E-state index in [0.717, 1.165) is 32.2 Å². The van der Waals surface area contributed by atoms with Crippen LogP contribution in [0, 0.1) is 5.92 Å². The van der Waals surface area contributed by atoms with Gasteiger partial charge in [0.15, 0.2) is 5.75 Å². The maximum absolute atomic E-state index is 11.7. The van der Waals surface area contributed by atoms with E-state index < -0.39 is 17.1 Å². The maximum Gasteiger partial charge on any atom is 0.407 e. The number of nitrogens with one attached hydrogen (secondary N) is 1. The van der Waals surface area contributed by atoms with Crippen LogP contribution >= 0.6 is 0 Å². The lowest BCUT2D eigenvalue weighted by atomic mass is 9.98. The van der Waals surface area contributed by atoms with Gasteiger partial charge in [-0.1, -0.05) is 0 Å². The zero-order valence-corrected chi connectivity index (χ0v) is 14.5. The molecular weight excluding hydrogens is 312 g/mol. The fourth-order valence-corrected chi connectivity index (χ4v) is 2.75. The smallest absolute Gasteiger partial charge is 0.407 e. The number of amides is 1. The molecule has 2 N–H and O–H groups in total. The molecule has 134 valence electrons. The van der Waals surface area contributed by atoms with Gasteiger partial charge in [0.1, 0.15) is 17.6 Å². The first kappa shape index (κ1) is 18.3. The Bertz CT molecular complexity index is 620. The summed E-state index contributed by atoms with van der Waals surface area (Å²) in [4.78, 5) is 25.4. The van der Waals surface area contributed by atoms with E-state index >= 15 is 0 Å². The first-order chi connectivity index (χ1) is 11.2. The summed E-state index contributed by atoms with van der Waals surface area (Å²) >= 11 is 0. The third-order valence-electron chi connectivity index (χ3n) is 3.78. The van der Waals surface area contributed by atoms with E-state index in [4.69, 9.17) is 9.15 Å². The third kappa shape index (κ3) is 5.88. The Hall–Kier alpha value is -2.02. The topological polar surface area (TPSA) is 92.0 Å². The fraction of sp³-hybridized carbons (Fsp3) is 0.647. The maximum atomic E-state index is 11.7. The molecule has 0 spiro atoms. The summed E-state index contributed by atoms with van der Waals surface area (Å²) < 4.78 is 10.5. The number of rotatable bonds is 4. The van der Waals surface area contributed by atoms with E-state index in [0.29, 0.717) is 24.8 Å². The van der Waals surface area contributed by atoms with Gasteiger partial charge in [-0.3, -0.25) is 9.69 Å². The van der Waals surface area contributed by atoms with Crippen LogP contribution in [-0.2, 0) is 11.3 Å². The summed E-state index contributed by atoms with van der Waals surface area (Å²) in [5.41, 5.74) is -0.935. The molecule has 1 aromatic heterocycles. The zero-order valence-electron chi connectivity index (χ0n) is 14.5. The normalized spacial score (nSPS) is 19.0. The van der Waals surface area contributed by atoms with Crippen molar-refractivity contribution in [2.45, 2.75) is 45.8 Å². The average Bonchev–Trinajstić information content (AvgIpc) is 2.48. The van der Waals surface area contributed by atoms with E-state index in [1.165, 1.54) is 6.07 Å². The predicted octanol–water partition coefficient (Wildman–Crippen LogP) is 2.08. The van der Waals surface area contributed by atoms with Gasteiger partial charge in [-0.05, 0) is 46.1 Å². The number of aromatic hydroxyl groups is 1. The largest absolute Gasteiger partial charge is 0.502 e. The van der Waals surface area contributed by atoms with Crippen molar-refractivity contribution in [2.24, 2.45) is 5.92 Å². The Kier molecular flexibility index (Phi) is 5.88. The first-order valence-electron chi connectivity index (χ1n) is 8.23. The second-order valence-corrected chi connectivity index (χ2v) is 7.22. The van der Waals surface area contributed by atoms with E-state index in [1.807, 2.05) is 20.8 Å². The van der Waals surface area contributed by atoms with Crippen LogP contribution < -0.4 is 10.7 Å². The number of carbonyl (C=O) groups excluding carboxylic acids is 1. The Labute approximate surface area is 141 Å². The lowest BCUT2D eigenvalue weighted by molar-refractivity contribution is 0.0505. The number of nitrogens with zero attached hydrogens (tertiary/aromatic N) is 1. The highest BCUT2D eigenvalue weighted by Crippen LogP contribution is 2.18. The Morgan fingerprint density at radius 1 is 1.50 bits per heavy atom. The van der Waals surface area contributed by atoms with Gasteiger partial charge in [-0.15, -0.1) is 0 Å². The number of carbonyl (C=O) groups is 1. The third-order valence-corrected chi connectivity index (χ3v) is 3.78. The van der Waals surface area contributed by atoms with Crippen molar-refractivity contribution in [3.8, 4) is 5.75 Å². The van der Waals surface area contributed by atoms with Crippen molar-refractivity contribution in [3.05, 3.63) is 28.3 Å². The van der Waals surface area contributed by atoms with Crippen LogP contribution in [0.15, 0.2) is 21.5 Å². The van der Waals surface area contributed by atoms with Gasteiger partial charge in [0.05, 0.1) is 6.54 Å². The average molecular weight is 338 g/mol. The molecule has 1 aliphatic heterocycles. The van der Waals surface area contributed by atoms with Crippen molar-refractivity contribution < 1.29 is 19.1 Å². The number of ether oxygens (including phenoxy) is 1. The van der Waals surface area contributed by atoms with Gasteiger partial charge < -0.3 is 19.6 Å². The van der Waals surface area contributed by atoms with Gasteiger partial charge in [0.2, 0.25) is 5.43 Å². The van der Waals surface area contributed by atoms with Crippen molar-refractivity contribution in [1.82, 2.24) is 10.2 Å². The lowest BCUT2D eigenvalue weighted by Gasteiger charge is -2.32. The Balaban J connectivity index is 1.82. The zero-order chi connectivity index (χ0) is 17.7. The minimum atomic E-state index is -0.501. The molecule has 2 heterocycles. The molecule has 0 saturated carbocycles. The second-order valence-electron chi connectivity index (χ2n) is 7.22. The van der Waals surface area contributed by atoms with Crippen LogP contribution in [0.2, 0.25) is 0 Å². The monoisotopic (exact) mass is 338 g/mol. The highest BCUT2D eigenvalue weighted by atomic mass is 16.6. The van der Waals surface area contributed by atoms with Crippen molar-refractivity contribution in [2.75, 3.05) is 19.6 Å². The van der Waals surface area contributed by atoms with Gasteiger partial charge >= 0.3 is 6.09 Å². The molecule has 1 aromatic rings. The summed E-state index contributed by atoms with van der Waals surface area (Å²) in [6.07, 6.45) is 2.72. The molecule has 1 amide bonds. The number of hydrogen-bond donors (Lipinski definition) is 2. The highest BCUT2D eigenvalue weighted by molar-refractivity contribution is 5.67. The molecular formula is C17H26N2O5. The van der Waals surface area contributed by atoms with E-state index in [2.05, 4.69) is 10.2 Å². The van der Waals surface area contributed by atoms with Crippen molar-refractivity contribution >= 4 is 6.09 Å². The van der Waals surface area contributed by atoms with E-state index in [-0.39, 0.29) is 5.75 Å². The van der Waals surface area contributed by atoms with Crippen molar-refractivity contribution in [1.29, 1.82) is 0 Å². The van der Waals surface area contributed by atoms with Crippen LogP contribution in [0.3, 0.4) is 0 Å². The molecule has 0 radical (unpaired) electrons. The van der Waals surface area contributed by atoms with Crippen LogP contribution in [0.1, 0.15) is 39.4 Å². The Morgan fingerprint density at radius 3 is 2.92 bits per heavy atom. The molecule has 7 nitrogen and oxygen atoms in total. The minimum Gasteiger partial charge on any atom is -0.502 e. The highest BCUT2D eigenvalue weighted by Gasteiger charge is 2.22. The quantitative estimate of drug-likeness (QED) is 0.873. The van der Waals surface area contributed by atoms with Crippen LogP contribution in [0.4, 0.5) is 4.79 Å². The predicted molar refractivity (Wildman–Crippen MR) is 88.9 cm³/mol. The van der Waals surface area contributed by atoms with Crippen molar-refractivity contribution in [3.63, 3.8) is 0 Å². The number of piperidine rings is 1. The van der Waals surface area contributed by atoms with Crippen LogP contribution in [0.5, 0.6) is 5.75 Å². The summed E-state index contributed by atoms with van der Waals surface area (Å²) in [7, 11) is 0. The van der Waals surface area contributed by atoms with Gasteiger partial charge in [-0.2, -0.15) is 0 Å². The molecule has 1 aliphatic rings. The van der Waals surface area contributed by atoms with Gasteiger partial charge in [0.25, 0.3) is 0 Å². The molecule has 0 bridgehead atoms. The van der Waals surface area contributed by atoms with Gasteiger partial charge in [0, 0.05) is 19.2 Å². The molecule has 1 atom stereocenters. The number of likely N-dealkylation sites (tertiary alicyclic amines) is 1. The SMILES string of the molecule is CC(C)(C)OC(=O)NCC1CCCN(Cc2cc(=O)c(O)co2)C1. The van der Waals surface area contributed by atoms with Crippen LogP contribution in [-0.4, -0.2) is 41.3 Å². The summed E-state index contributed by atoms with van der Waals surface area (Å²) in [6, 6.07) is 1.32. The molecule has 1 unspecified atom stereocenters. The standard InChI is InChI=1S/C17H26N2O5/c1-17(2,3)24-16(22)18-8-12-5-4-6-19(9-12)10-13-7-14(20)15(21)11-23-13/h7,11-12,21H,4-6,8-10H2,1-3H3,(H,18,22). The molecule has 1 saturated heterocycles. The molecule has 0 aliphatic carbocycles. The molecule has 24 heavy (non-hydrogen) atoms. The molecule has 7 heteroatoms. The molecule has 0 aromatic carbocycles. The summed E-state index contributed by atoms with van der Waals surface area (Å²) in [5, 5.41) is 12.0. The molecule has 1 fully saturated rings. The summed E-state index contributed by atoms with van der Waals surface area (Å²) in [5.74, 6) is 0.477. The lowest BCUT2D eigenvalue weighted by Crippen LogP contribution is -2.41. The summed E-state index contributed by atoms with van der Waals surface area (Å²) in [6.45, 7) is 8.29. The molecule has 2 rings (SSSR count).